The van der Waals surface area contributed by atoms with E-state index < -0.39 is 82.8 Å². The number of hydrogen-bond acceptors (Lipinski definition) is 10. The maximum atomic E-state index is 14.6. The highest BCUT2D eigenvalue weighted by Crippen LogP contribution is 2.27. The summed E-state index contributed by atoms with van der Waals surface area (Å²) in [5.41, 5.74) is 19.9. The standard InChI is InChI=1S/C48H63N11O8.C5H10/c1-2-9-44(64)57-37-15-16-43(63)53-19-17-31(41(61)24-32(45(49)65)21-33-26-55-36-14-7-6-13-35(33)36)22-40(60)30(12-8-18-54-48(50)51)23-42(62)38(20-29-10-4-3-5-11-29)58-47(67)39(59-46(37)66)25-34-27-52-28-56-34;1-3-5-4-2/h3-7,10-11,13-14,26-28,30-32,37-39,55H,2,8-9,12,15-25H2,1H3,(H2,49,65)(H,52,56)(H,53,63)(H,57,64)(H,58,67)(H,59,66)(H4,50,51,54);3H,1,4-5H2,2H3/t30-,31-,32-,37+,38-,39+;/m1./s1. The summed E-state index contributed by atoms with van der Waals surface area (Å²) < 4.78 is 0. The first-order chi connectivity index (χ1) is 34.6. The van der Waals surface area contributed by atoms with Crippen LogP contribution in [-0.2, 0) is 57.6 Å². The first kappa shape index (κ1) is 57.1. The Morgan fingerprint density at radius 2 is 1.61 bits per heavy atom. The molecule has 4 aromatic rings. The highest BCUT2D eigenvalue weighted by Gasteiger charge is 2.35. The Balaban J connectivity index is 0.00000214. The number of para-hydroxylation sites is 1. The van der Waals surface area contributed by atoms with Gasteiger partial charge in [0.15, 0.2) is 11.7 Å². The van der Waals surface area contributed by atoms with Crippen molar-refractivity contribution in [1.82, 2.24) is 36.2 Å². The van der Waals surface area contributed by atoms with Crippen LogP contribution in [0.25, 0.3) is 10.9 Å². The molecule has 72 heavy (non-hydrogen) atoms. The second-order valence-electron chi connectivity index (χ2n) is 18.2. The quantitative estimate of drug-likeness (QED) is 0.0282. The van der Waals surface area contributed by atoms with Crippen molar-refractivity contribution in [1.29, 1.82) is 0 Å². The number of H-pyrrole nitrogens is 2. The molecule has 6 atom stereocenters. The van der Waals surface area contributed by atoms with Crippen LogP contribution in [0.2, 0.25) is 0 Å². The van der Waals surface area contributed by atoms with Gasteiger partial charge in [0.2, 0.25) is 29.5 Å². The third-order valence-electron chi connectivity index (χ3n) is 12.5. The van der Waals surface area contributed by atoms with E-state index in [-0.39, 0.29) is 89.7 Å². The lowest BCUT2D eigenvalue weighted by molar-refractivity contribution is -0.135. The summed E-state index contributed by atoms with van der Waals surface area (Å²) >= 11 is 0. The van der Waals surface area contributed by atoms with Crippen LogP contribution in [0.4, 0.5) is 0 Å². The number of imidazole rings is 1. The molecule has 3 heterocycles. The van der Waals surface area contributed by atoms with E-state index in [2.05, 4.69) is 54.7 Å². The van der Waals surface area contributed by atoms with E-state index in [9.17, 15) is 38.4 Å². The Morgan fingerprint density at radius 3 is 2.28 bits per heavy atom. The molecule has 1 aliphatic heterocycles. The van der Waals surface area contributed by atoms with Crippen LogP contribution >= 0.6 is 0 Å². The van der Waals surface area contributed by atoms with Gasteiger partial charge in [0.1, 0.15) is 23.7 Å². The molecule has 0 saturated carbocycles. The summed E-state index contributed by atoms with van der Waals surface area (Å²) in [4.78, 5) is 125. The third kappa shape index (κ3) is 19.4. The molecule has 5 amide bonds. The number of nitrogens with one attached hydrogen (secondary N) is 6. The molecule has 12 N–H and O–H groups in total. The Bertz CT molecular complexity index is 2450. The van der Waals surface area contributed by atoms with E-state index in [0.717, 1.165) is 22.9 Å². The number of primary amides is 1. The molecule has 388 valence electrons. The number of aliphatic imine (C=N–C) groups is 1. The zero-order valence-electron chi connectivity index (χ0n) is 41.6. The molecule has 0 spiro atoms. The van der Waals surface area contributed by atoms with Gasteiger partial charge >= 0.3 is 0 Å². The second kappa shape index (κ2) is 30.3. The number of aromatic amines is 2. The number of allylic oxidation sites excluding steroid dienone is 1. The van der Waals surface area contributed by atoms with Gasteiger partial charge in [-0.1, -0.05) is 74.9 Å². The van der Waals surface area contributed by atoms with Gasteiger partial charge in [0.05, 0.1) is 12.4 Å². The minimum Gasteiger partial charge on any atom is -0.370 e. The van der Waals surface area contributed by atoms with Crippen LogP contribution in [0.15, 0.2) is 91.0 Å². The molecule has 19 nitrogen and oxygen atoms in total. The van der Waals surface area contributed by atoms with Crippen LogP contribution in [0.1, 0.15) is 108 Å². The number of Topliss-reactive ketones (excluding diaryl/α,β-unsaturated/α-hetero) is 3. The van der Waals surface area contributed by atoms with Crippen LogP contribution < -0.4 is 38.5 Å². The van der Waals surface area contributed by atoms with Gasteiger partial charge in [0.25, 0.3) is 0 Å². The van der Waals surface area contributed by atoms with Crippen molar-refractivity contribution >= 4 is 63.7 Å². The number of unbranched alkanes of at least 4 members (excludes halogenated alkanes) is 1. The van der Waals surface area contributed by atoms with Crippen molar-refractivity contribution < 1.29 is 38.4 Å². The van der Waals surface area contributed by atoms with E-state index in [0.29, 0.717) is 24.1 Å². The molecule has 0 radical (unpaired) electrons. The fourth-order valence-electron chi connectivity index (χ4n) is 8.52. The van der Waals surface area contributed by atoms with Gasteiger partial charge in [0, 0.05) is 98.4 Å². The lowest BCUT2D eigenvalue weighted by Crippen LogP contribution is -2.57. The minimum absolute atomic E-state index is 0.00265. The van der Waals surface area contributed by atoms with Crippen molar-refractivity contribution in [3.63, 3.8) is 0 Å². The zero-order chi connectivity index (χ0) is 52.4. The average molecular weight is 992 g/mol. The van der Waals surface area contributed by atoms with E-state index in [1.165, 1.54) is 18.9 Å². The zero-order valence-corrected chi connectivity index (χ0v) is 41.6. The van der Waals surface area contributed by atoms with E-state index in [1.807, 2.05) is 36.4 Å². The van der Waals surface area contributed by atoms with Crippen molar-refractivity contribution in [3.05, 3.63) is 103 Å². The highest BCUT2D eigenvalue weighted by atomic mass is 16.2. The summed E-state index contributed by atoms with van der Waals surface area (Å²) in [7, 11) is 0. The molecule has 1 fully saturated rings. The van der Waals surface area contributed by atoms with Gasteiger partial charge in [-0.15, -0.1) is 6.58 Å². The lowest BCUT2D eigenvalue weighted by Gasteiger charge is -2.26. The number of benzene rings is 2. The number of aromatic nitrogens is 3. The van der Waals surface area contributed by atoms with Crippen LogP contribution in [-0.4, -0.2) is 99.0 Å². The molecule has 0 aliphatic carbocycles. The first-order valence-corrected chi connectivity index (χ1v) is 24.9. The Morgan fingerprint density at radius 1 is 0.875 bits per heavy atom. The molecular formula is C53H73N11O8. The maximum absolute atomic E-state index is 14.6. The van der Waals surface area contributed by atoms with Crippen molar-refractivity contribution in [3.8, 4) is 0 Å². The molecule has 2 aromatic carbocycles. The van der Waals surface area contributed by atoms with Gasteiger partial charge in [-0.25, -0.2) is 4.98 Å². The lowest BCUT2D eigenvalue weighted by atomic mass is 9.81. The first-order valence-electron chi connectivity index (χ1n) is 24.9. The number of fused-ring (bicyclic) bond motifs is 1. The van der Waals surface area contributed by atoms with E-state index in [1.54, 1.807) is 37.4 Å². The summed E-state index contributed by atoms with van der Waals surface area (Å²) in [6.07, 6.45) is 8.86. The SMILES string of the molecule is C=CCCC.CCCC(=O)N[C@H]1CCC(=O)NCC[C@@H](C(=O)C[C@@H](Cc2c[nH]c3ccccc23)C(N)=O)CC(=O)[C@H](CCCN=C(N)N)CC(=O)[C@@H](Cc2ccccc2)NC(=O)[C@H](Cc2cnc[nH]2)NC1=O. The summed E-state index contributed by atoms with van der Waals surface area (Å²) in [6.45, 7) is 7.59. The molecule has 2 aromatic heterocycles. The fraction of sp³-hybridized carbons (Fsp3) is 0.472. The van der Waals surface area contributed by atoms with E-state index in [4.69, 9.17) is 17.2 Å². The number of carbonyl (C=O) groups excluding carboxylic acids is 8. The smallest absolute Gasteiger partial charge is 0.243 e. The Kier molecular flexibility index (Phi) is 24.1. The number of nitrogens with zero attached hydrogens (tertiary/aromatic N) is 2. The van der Waals surface area contributed by atoms with Crippen LogP contribution in [0.3, 0.4) is 0 Å². The van der Waals surface area contributed by atoms with Crippen LogP contribution in [0, 0.1) is 17.8 Å². The molecule has 0 unspecified atom stereocenters. The number of carbonyl (C=O) groups is 8. The van der Waals surface area contributed by atoms with Gasteiger partial charge in [-0.05, 0) is 68.6 Å². The van der Waals surface area contributed by atoms with Crippen molar-refractivity contribution in [2.24, 2.45) is 39.9 Å². The predicted octanol–water partition coefficient (Wildman–Crippen LogP) is 3.71. The number of ketones is 3. The number of amides is 5. The second-order valence-corrected chi connectivity index (χ2v) is 18.2. The normalized spacial score (nSPS) is 19.9. The fourth-order valence-corrected chi connectivity index (χ4v) is 8.52. The molecule has 5 rings (SSSR count). The molecule has 0 bridgehead atoms. The van der Waals surface area contributed by atoms with Gasteiger partial charge in [-0.3, -0.25) is 43.3 Å². The number of nitrogens with two attached hydrogens (primary N) is 3. The summed E-state index contributed by atoms with van der Waals surface area (Å²) in [6, 6.07) is 12.8. The Labute approximate surface area is 421 Å². The molecule has 1 aliphatic rings. The molecule has 1 saturated heterocycles. The van der Waals surface area contributed by atoms with Gasteiger partial charge < -0.3 is 48.4 Å². The van der Waals surface area contributed by atoms with Crippen molar-refractivity contribution in [2.75, 3.05) is 13.1 Å². The predicted molar refractivity (Wildman–Crippen MR) is 276 cm³/mol. The monoisotopic (exact) mass is 992 g/mol. The number of rotatable bonds is 19. The Hall–Kier alpha value is -7.44. The van der Waals surface area contributed by atoms with Crippen LogP contribution in [0.5, 0.6) is 0 Å². The highest BCUT2D eigenvalue weighted by molar-refractivity contribution is 5.98. The maximum Gasteiger partial charge on any atom is 0.243 e. The van der Waals surface area contributed by atoms with Gasteiger partial charge in [-0.2, -0.15) is 0 Å². The van der Waals surface area contributed by atoms with E-state index >= 15 is 0 Å². The molecular weight excluding hydrogens is 919 g/mol. The number of hydrogen-bond donors (Lipinski definition) is 9. The number of guanidine groups is 1. The third-order valence-corrected chi connectivity index (χ3v) is 12.5. The summed E-state index contributed by atoms with van der Waals surface area (Å²) in [5, 5.41) is 11.9. The topological polar surface area (TPSA) is 320 Å². The largest absolute Gasteiger partial charge is 0.370 e. The average Bonchev–Trinajstić information content (AvgIpc) is 4.03. The minimum atomic E-state index is -1.27. The van der Waals surface area contributed by atoms with Crippen molar-refractivity contribution in [2.45, 2.75) is 128 Å². The molecule has 19 heteroatoms. The summed E-state index contributed by atoms with van der Waals surface area (Å²) in [5.74, 6) is -7.38.